The monoisotopic (exact) mass is 354 g/mol. The van der Waals surface area contributed by atoms with Crippen molar-refractivity contribution in [3.8, 4) is 0 Å². The second-order valence-corrected chi connectivity index (χ2v) is 7.48. The molecule has 20 heavy (non-hydrogen) atoms. The van der Waals surface area contributed by atoms with Crippen LogP contribution in [0.15, 0.2) is 45.8 Å². The van der Waals surface area contributed by atoms with Gasteiger partial charge in [0.15, 0.2) is 9.84 Å². The van der Waals surface area contributed by atoms with Crippen LogP contribution < -0.4 is 11.1 Å². The van der Waals surface area contributed by atoms with Crippen molar-refractivity contribution in [1.29, 1.82) is 0 Å². The zero-order chi connectivity index (χ0) is 14.9. The lowest BCUT2D eigenvalue weighted by molar-refractivity contribution is 0.602. The van der Waals surface area contributed by atoms with E-state index < -0.39 is 9.84 Å². The molecule has 0 amide bonds. The van der Waals surface area contributed by atoms with E-state index in [1.165, 1.54) is 12.1 Å². The Hall–Kier alpha value is -1.53. The summed E-state index contributed by atoms with van der Waals surface area (Å²) in [5.74, 6) is 0. The van der Waals surface area contributed by atoms with Crippen molar-refractivity contribution in [2.24, 2.45) is 0 Å². The minimum atomic E-state index is -3.24. The average molecular weight is 355 g/mol. The van der Waals surface area contributed by atoms with Gasteiger partial charge in [-0.3, -0.25) is 0 Å². The lowest BCUT2D eigenvalue weighted by atomic mass is 10.2. The summed E-state index contributed by atoms with van der Waals surface area (Å²) in [4.78, 5) is 0.214. The molecule has 0 heterocycles. The number of hydrogen-bond acceptors (Lipinski definition) is 4. The topological polar surface area (TPSA) is 72.2 Å². The van der Waals surface area contributed by atoms with Crippen LogP contribution in [-0.4, -0.2) is 14.7 Å². The molecule has 2 aromatic rings. The van der Waals surface area contributed by atoms with Crippen LogP contribution in [0.2, 0.25) is 0 Å². The van der Waals surface area contributed by atoms with Crippen molar-refractivity contribution in [2.75, 3.05) is 17.3 Å². The molecule has 4 nitrogen and oxygen atoms in total. The van der Waals surface area contributed by atoms with Gasteiger partial charge in [-0.1, -0.05) is 22.0 Å². The lowest BCUT2D eigenvalue weighted by Gasteiger charge is -2.11. The number of sulfone groups is 1. The lowest BCUT2D eigenvalue weighted by Crippen LogP contribution is -2.01. The number of hydrogen-bond donors (Lipinski definition) is 2. The zero-order valence-electron chi connectivity index (χ0n) is 11.1. The van der Waals surface area contributed by atoms with Crippen LogP contribution in [0.25, 0.3) is 0 Å². The van der Waals surface area contributed by atoms with Gasteiger partial charge in [-0.25, -0.2) is 8.42 Å². The van der Waals surface area contributed by atoms with Crippen molar-refractivity contribution < 1.29 is 8.42 Å². The van der Waals surface area contributed by atoms with Crippen LogP contribution in [0.1, 0.15) is 5.56 Å². The molecule has 0 atom stereocenters. The molecule has 6 heteroatoms. The highest BCUT2D eigenvalue weighted by molar-refractivity contribution is 9.10. The Balaban J connectivity index is 2.32. The summed E-state index contributed by atoms with van der Waals surface area (Å²) in [7, 11) is -3.24. The fraction of sp³-hybridized carbons (Fsp3) is 0.143. The van der Waals surface area contributed by atoms with Gasteiger partial charge in [-0.2, -0.15) is 0 Å². The standard InChI is InChI=1S/C14H15BrN2O2S/c1-9-3-4-10(7-12(9)15)17-14-6-5-11(8-13(14)16)20(2,18)19/h3-8,17H,16H2,1-2H3. The first-order valence-corrected chi connectivity index (χ1v) is 8.58. The van der Waals surface area contributed by atoms with Crippen LogP contribution in [0.4, 0.5) is 17.1 Å². The predicted molar refractivity (Wildman–Crippen MR) is 86.1 cm³/mol. The van der Waals surface area contributed by atoms with E-state index in [0.717, 1.165) is 22.0 Å². The Morgan fingerprint density at radius 3 is 2.40 bits per heavy atom. The predicted octanol–water partition coefficient (Wildman–Crippen LogP) is 3.49. The van der Waals surface area contributed by atoms with Crippen LogP contribution in [0.5, 0.6) is 0 Å². The van der Waals surface area contributed by atoms with Crippen LogP contribution in [-0.2, 0) is 9.84 Å². The average Bonchev–Trinajstić information content (AvgIpc) is 2.35. The molecule has 0 fully saturated rings. The third-order valence-corrected chi connectivity index (χ3v) is 4.87. The van der Waals surface area contributed by atoms with Gasteiger partial charge < -0.3 is 11.1 Å². The number of anilines is 3. The number of nitrogens with one attached hydrogen (secondary N) is 1. The third kappa shape index (κ3) is 3.32. The third-order valence-electron chi connectivity index (χ3n) is 2.90. The van der Waals surface area contributed by atoms with Gasteiger partial charge in [0.25, 0.3) is 0 Å². The van der Waals surface area contributed by atoms with Crippen LogP contribution >= 0.6 is 15.9 Å². The molecule has 0 saturated heterocycles. The van der Waals surface area contributed by atoms with E-state index >= 15 is 0 Å². The van der Waals surface area contributed by atoms with E-state index in [1.807, 2.05) is 25.1 Å². The number of benzene rings is 2. The van der Waals surface area contributed by atoms with Gasteiger partial charge in [0, 0.05) is 16.4 Å². The maximum absolute atomic E-state index is 11.5. The maximum atomic E-state index is 11.5. The second-order valence-electron chi connectivity index (χ2n) is 4.61. The molecule has 0 aromatic heterocycles. The number of halogens is 1. The van der Waals surface area contributed by atoms with Gasteiger partial charge in [0.2, 0.25) is 0 Å². The summed E-state index contributed by atoms with van der Waals surface area (Å²) in [5, 5.41) is 3.17. The molecule has 0 bridgehead atoms. The van der Waals surface area contributed by atoms with Gasteiger partial charge in [-0.05, 0) is 42.8 Å². The molecule has 2 rings (SSSR count). The molecule has 0 aliphatic heterocycles. The quantitative estimate of drug-likeness (QED) is 0.827. The first kappa shape index (κ1) is 14.9. The van der Waals surface area contributed by atoms with Crippen molar-refractivity contribution in [3.05, 3.63) is 46.4 Å². The minimum Gasteiger partial charge on any atom is -0.397 e. The summed E-state index contributed by atoms with van der Waals surface area (Å²) in [6.07, 6.45) is 1.16. The van der Waals surface area contributed by atoms with Gasteiger partial charge in [0.05, 0.1) is 16.3 Å². The summed E-state index contributed by atoms with van der Waals surface area (Å²) < 4.78 is 23.9. The summed E-state index contributed by atoms with van der Waals surface area (Å²) in [6.45, 7) is 2.00. The highest BCUT2D eigenvalue weighted by Crippen LogP contribution is 2.28. The normalized spacial score (nSPS) is 11.3. The molecule has 0 radical (unpaired) electrons. The largest absolute Gasteiger partial charge is 0.397 e. The van der Waals surface area contributed by atoms with Gasteiger partial charge in [-0.15, -0.1) is 0 Å². The molecule has 0 saturated carbocycles. The molecule has 0 aliphatic carbocycles. The molecule has 0 spiro atoms. The highest BCUT2D eigenvalue weighted by Gasteiger charge is 2.09. The maximum Gasteiger partial charge on any atom is 0.175 e. The molecule has 0 aliphatic rings. The SMILES string of the molecule is Cc1ccc(Nc2ccc(S(C)(=O)=O)cc2N)cc1Br. The summed E-state index contributed by atoms with van der Waals surface area (Å²) in [5.41, 5.74) is 8.97. The number of nitrogens with two attached hydrogens (primary N) is 1. The van der Waals surface area contributed by atoms with E-state index in [4.69, 9.17) is 5.73 Å². The van der Waals surface area contributed by atoms with Crippen molar-refractivity contribution in [2.45, 2.75) is 11.8 Å². The Morgan fingerprint density at radius 1 is 1.15 bits per heavy atom. The Morgan fingerprint density at radius 2 is 1.85 bits per heavy atom. The van der Waals surface area contributed by atoms with Crippen molar-refractivity contribution in [3.63, 3.8) is 0 Å². The van der Waals surface area contributed by atoms with E-state index in [-0.39, 0.29) is 4.90 Å². The van der Waals surface area contributed by atoms with Crippen molar-refractivity contribution in [1.82, 2.24) is 0 Å². The fourth-order valence-corrected chi connectivity index (χ4v) is 2.75. The van der Waals surface area contributed by atoms with Gasteiger partial charge in [0.1, 0.15) is 0 Å². The first-order valence-electron chi connectivity index (χ1n) is 5.90. The first-order chi connectivity index (χ1) is 9.27. The Labute approximate surface area is 127 Å². The highest BCUT2D eigenvalue weighted by atomic mass is 79.9. The van der Waals surface area contributed by atoms with E-state index in [1.54, 1.807) is 6.07 Å². The van der Waals surface area contributed by atoms with E-state index in [0.29, 0.717) is 11.4 Å². The molecular weight excluding hydrogens is 340 g/mol. The molecular formula is C14H15BrN2O2S. The number of rotatable bonds is 3. The number of nitrogen functional groups attached to an aromatic ring is 1. The molecule has 3 N–H and O–H groups in total. The van der Waals surface area contributed by atoms with Crippen LogP contribution in [0, 0.1) is 6.92 Å². The van der Waals surface area contributed by atoms with E-state index in [2.05, 4.69) is 21.2 Å². The Kier molecular flexibility index (Phi) is 4.06. The van der Waals surface area contributed by atoms with Crippen LogP contribution in [0.3, 0.4) is 0 Å². The molecule has 0 unspecified atom stereocenters. The summed E-state index contributed by atoms with van der Waals surface area (Å²) >= 11 is 3.47. The minimum absolute atomic E-state index is 0.214. The van der Waals surface area contributed by atoms with Crippen molar-refractivity contribution >= 4 is 42.8 Å². The second kappa shape index (κ2) is 5.46. The smallest absolute Gasteiger partial charge is 0.175 e. The molecule has 2 aromatic carbocycles. The number of aryl methyl sites for hydroxylation is 1. The molecule has 106 valence electrons. The summed E-state index contributed by atoms with van der Waals surface area (Å²) in [6, 6.07) is 10.5. The Bertz CT molecular complexity index is 758. The van der Waals surface area contributed by atoms with E-state index in [9.17, 15) is 8.42 Å². The van der Waals surface area contributed by atoms with Gasteiger partial charge >= 0.3 is 0 Å². The fourth-order valence-electron chi connectivity index (χ4n) is 1.71. The zero-order valence-corrected chi connectivity index (χ0v) is 13.5.